The molecule has 254 valence electrons. The zero-order chi connectivity index (χ0) is 34.1. The van der Waals surface area contributed by atoms with Gasteiger partial charge in [-0.2, -0.15) is 0 Å². The Hall–Kier alpha value is -4.00. The van der Waals surface area contributed by atoms with Gasteiger partial charge in [-0.15, -0.1) is 0 Å². The van der Waals surface area contributed by atoms with Crippen molar-refractivity contribution in [3.8, 4) is 0 Å². The van der Waals surface area contributed by atoms with Crippen LogP contribution in [0.5, 0.6) is 0 Å². The van der Waals surface area contributed by atoms with Gasteiger partial charge in [-0.3, -0.25) is 28.8 Å². The first kappa shape index (κ1) is 36.5. The third-order valence-corrected chi connectivity index (χ3v) is 8.40. The average molecular weight is 643 g/mol. The molecule has 0 bridgehead atoms. The van der Waals surface area contributed by atoms with Crippen molar-refractivity contribution >= 4 is 35.4 Å². The molecule has 0 radical (unpaired) electrons. The number of carbonyl (C=O) groups is 6. The topological polar surface area (TPSA) is 177 Å². The summed E-state index contributed by atoms with van der Waals surface area (Å²) in [5.41, 5.74) is 0.766. The van der Waals surface area contributed by atoms with Gasteiger partial charge in [0.25, 0.3) is 0 Å². The minimum Gasteiger partial charge on any atom is -0.391 e. The first-order valence-corrected chi connectivity index (χ1v) is 16.2. The molecular weight excluding hydrogens is 592 g/mol. The van der Waals surface area contributed by atoms with Gasteiger partial charge in [0, 0.05) is 20.0 Å². The second-order valence-corrected chi connectivity index (χ2v) is 13.2. The summed E-state index contributed by atoms with van der Waals surface area (Å²) >= 11 is 0. The number of amides is 6. The molecule has 5 N–H and O–H groups in total. The fourth-order valence-corrected chi connectivity index (χ4v) is 5.94. The third-order valence-electron chi connectivity index (χ3n) is 8.40. The van der Waals surface area contributed by atoms with Crippen molar-refractivity contribution in [2.24, 2.45) is 11.8 Å². The van der Waals surface area contributed by atoms with Crippen LogP contribution in [0, 0.1) is 11.8 Å². The predicted octanol–water partition coefficient (Wildman–Crippen LogP) is 0.104. The van der Waals surface area contributed by atoms with Crippen LogP contribution in [-0.2, 0) is 35.2 Å². The molecule has 2 saturated heterocycles. The SMILES string of the molecule is CC(C)C[C@@H]1NC(=O)[C@H]([C@@H](C)O)NC(=O)[C@H](CC(C)C)N(C)C(=O)[C@@H]2CCCN2C(=O)CNC(=O)[C@H](Cc2ccccc2)NC1=O. The molecule has 1 aromatic carbocycles. The van der Waals surface area contributed by atoms with Crippen LogP contribution in [0.15, 0.2) is 30.3 Å². The van der Waals surface area contributed by atoms with Crippen LogP contribution < -0.4 is 21.3 Å². The summed E-state index contributed by atoms with van der Waals surface area (Å²) in [5, 5.41) is 21.2. The first-order valence-electron chi connectivity index (χ1n) is 16.2. The molecule has 0 saturated carbocycles. The van der Waals surface area contributed by atoms with Gasteiger partial charge in [-0.25, -0.2) is 0 Å². The van der Waals surface area contributed by atoms with E-state index in [0.29, 0.717) is 19.4 Å². The molecule has 46 heavy (non-hydrogen) atoms. The Bertz CT molecular complexity index is 1250. The standard InChI is InChI=1S/C33H50N6O7/c1-19(2)15-23-30(43)35-24(17-22-11-8-7-9-12-22)29(42)34-18-27(41)39-14-10-13-25(39)33(46)38(6)26(16-20(3)4)31(44)37-28(21(5)40)32(45)36-23/h7-9,11-12,19-21,23-26,28,40H,10,13-18H2,1-6H3,(H,34,42)(H,35,43)(H,36,45)(H,37,44)/t21-,23+,24+,25+,26+,28+/m1/s1. The normalized spacial score (nSPS) is 26.6. The van der Waals surface area contributed by atoms with Gasteiger partial charge in [0.2, 0.25) is 35.4 Å². The Balaban J connectivity index is 2.03. The molecule has 0 spiro atoms. The van der Waals surface area contributed by atoms with Gasteiger partial charge in [-0.05, 0) is 50.0 Å². The molecule has 2 heterocycles. The van der Waals surface area contributed by atoms with E-state index in [1.165, 1.54) is 23.8 Å². The predicted molar refractivity (Wildman–Crippen MR) is 171 cm³/mol. The van der Waals surface area contributed by atoms with Gasteiger partial charge in [-0.1, -0.05) is 58.0 Å². The monoisotopic (exact) mass is 642 g/mol. The molecule has 2 fully saturated rings. The van der Waals surface area contributed by atoms with Gasteiger partial charge in [0.1, 0.15) is 30.2 Å². The first-order chi connectivity index (χ1) is 21.7. The van der Waals surface area contributed by atoms with E-state index in [2.05, 4.69) is 21.3 Å². The number of aliphatic hydroxyl groups is 1. The fourth-order valence-electron chi connectivity index (χ4n) is 5.94. The number of rotatable bonds is 7. The Morgan fingerprint density at radius 1 is 0.804 bits per heavy atom. The molecule has 3 rings (SSSR count). The summed E-state index contributed by atoms with van der Waals surface area (Å²) in [4.78, 5) is 84.3. The van der Waals surface area contributed by atoms with Gasteiger partial charge in [0.15, 0.2) is 0 Å². The van der Waals surface area contributed by atoms with Crippen molar-refractivity contribution in [1.29, 1.82) is 0 Å². The number of nitrogens with one attached hydrogen (secondary N) is 4. The largest absolute Gasteiger partial charge is 0.391 e. The lowest BCUT2D eigenvalue weighted by Gasteiger charge is -2.35. The molecule has 13 nitrogen and oxygen atoms in total. The van der Waals surface area contributed by atoms with Gasteiger partial charge >= 0.3 is 0 Å². The van der Waals surface area contributed by atoms with Gasteiger partial charge in [0.05, 0.1) is 12.6 Å². The number of nitrogens with zero attached hydrogens (tertiary/aromatic N) is 2. The molecule has 1 aromatic rings. The van der Waals surface area contributed by atoms with Crippen LogP contribution in [-0.4, -0.2) is 107 Å². The molecule has 6 amide bonds. The summed E-state index contributed by atoms with van der Waals surface area (Å²) in [6, 6.07) is 3.61. The maximum absolute atomic E-state index is 13.8. The zero-order valence-electron chi connectivity index (χ0n) is 27.7. The Morgan fingerprint density at radius 2 is 1.43 bits per heavy atom. The van der Waals surface area contributed by atoms with E-state index in [1.54, 1.807) is 12.1 Å². The van der Waals surface area contributed by atoms with E-state index in [1.807, 2.05) is 45.9 Å². The fraction of sp³-hybridized carbons (Fsp3) is 0.636. The minimum atomic E-state index is -1.43. The highest BCUT2D eigenvalue weighted by Gasteiger charge is 2.41. The molecular formula is C33H50N6O7. The van der Waals surface area contributed by atoms with Gasteiger partial charge < -0.3 is 36.2 Å². The number of hydrogen-bond acceptors (Lipinski definition) is 7. The molecule has 2 aliphatic rings. The van der Waals surface area contributed by atoms with Crippen LogP contribution in [0.1, 0.15) is 65.9 Å². The summed E-state index contributed by atoms with van der Waals surface area (Å²) in [7, 11) is 1.49. The number of hydrogen-bond donors (Lipinski definition) is 5. The van der Waals surface area contributed by atoms with Crippen LogP contribution in [0.2, 0.25) is 0 Å². The number of benzene rings is 1. The second-order valence-electron chi connectivity index (χ2n) is 13.2. The van der Waals surface area contributed by atoms with Crippen LogP contribution in [0.3, 0.4) is 0 Å². The summed E-state index contributed by atoms with van der Waals surface area (Å²) in [6.45, 7) is 8.80. The second kappa shape index (κ2) is 16.5. The minimum absolute atomic E-state index is 0.0119. The highest BCUT2D eigenvalue weighted by atomic mass is 16.3. The lowest BCUT2D eigenvalue weighted by molar-refractivity contribution is -0.148. The lowest BCUT2D eigenvalue weighted by Crippen LogP contribution is -2.62. The maximum Gasteiger partial charge on any atom is 0.245 e. The highest BCUT2D eigenvalue weighted by molar-refractivity contribution is 5.98. The van der Waals surface area contributed by atoms with E-state index in [-0.39, 0.29) is 37.6 Å². The Morgan fingerprint density at radius 3 is 2.04 bits per heavy atom. The lowest BCUT2D eigenvalue weighted by atomic mass is 9.99. The number of carbonyl (C=O) groups excluding carboxylic acids is 6. The number of fused-ring (bicyclic) bond motifs is 1. The van der Waals surface area contributed by atoms with Crippen molar-refractivity contribution in [2.75, 3.05) is 20.1 Å². The Labute approximate surface area is 271 Å². The summed E-state index contributed by atoms with van der Waals surface area (Å²) in [5.74, 6) is -3.56. The van der Waals surface area contributed by atoms with Crippen LogP contribution in [0.4, 0.5) is 0 Å². The van der Waals surface area contributed by atoms with E-state index in [9.17, 15) is 33.9 Å². The smallest absolute Gasteiger partial charge is 0.245 e. The van der Waals surface area contributed by atoms with E-state index < -0.39 is 71.8 Å². The summed E-state index contributed by atoms with van der Waals surface area (Å²) < 4.78 is 0. The molecule has 0 unspecified atom stereocenters. The quantitative estimate of drug-likeness (QED) is 0.280. The molecule has 6 atom stereocenters. The van der Waals surface area contributed by atoms with Crippen LogP contribution >= 0.6 is 0 Å². The molecule has 0 aliphatic carbocycles. The van der Waals surface area contributed by atoms with Crippen molar-refractivity contribution in [1.82, 2.24) is 31.1 Å². The van der Waals surface area contributed by atoms with Crippen LogP contribution in [0.25, 0.3) is 0 Å². The number of aliphatic hydroxyl groups excluding tert-OH is 1. The summed E-state index contributed by atoms with van der Waals surface area (Å²) in [6.07, 6.45) is 0.215. The highest BCUT2D eigenvalue weighted by Crippen LogP contribution is 2.22. The molecule has 13 heteroatoms. The van der Waals surface area contributed by atoms with E-state index >= 15 is 0 Å². The third kappa shape index (κ3) is 9.75. The number of likely N-dealkylation sites (N-methyl/N-ethyl adjacent to an activating group) is 1. The maximum atomic E-state index is 13.8. The zero-order valence-corrected chi connectivity index (χ0v) is 27.7. The van der Waals surface area contributed by atoms with Crippen molar-refractivity contribution in [3.05, 3.63) is 35.9 Å². The molecule has 2 aliphatic heterocycles. The Kier molecular flexibility index (Phi) is 13.1. The molecule has 0 aromatic heterocycles. The van der Waals surface area contributed by atoms with Crippen molar-refractivity contribution in [3.63, 3.8) is 0 Å². The average Bonchev–Trinajstić information content (AvgIpc) is 3.49. The van der Waals surface area contributed by atoms with Crippen molar-refractivity contribution < 1.29 is 33.9 Å². The van der Waals surface area contributed by atoms with Crippen molar-refractivity contribution in [2.45, 2.75) is 103 Å². The van der Waals surface area contributed by atoms with E-state index in [0.717, 1.165) is 5.56 Å². The van der Waals surface area contributed by atoms with E-state index in [4.69, 9.17) is 0 Å².